The smallest absolute Gasteiger partial charge is 0.326 e. The zero-order valence-corrected chi connectivity index (χ0v) is 16.9. The summed E-state index contributed by atoms with van der Waals surface area (Å²) in [5.41, 5.74) is 2.75. The maximum atomic E-state index is 12.7. The number of sulfonamides is 1. The summed E-state index contributed by atoms with van der Waals surface area (Å²) in [6.45, 7) is 5.72. The third kappa shape index (κ3) is 4.28. The van der Waals surface area contributed by atoms with Crippen LogP contribution in [0.1, 0.15) is 18.1 Å². The number of carbonyl (C=O) groups is 1. The molecular formula is C19H20N2O4S2. The van der Waals surface area contributed by atoms with Crippen LogP contribution in [-0.4, -0.2) is 25.6 Å². The van der Waals surface area contributed by atoms with Crippen LogP contribution in [0, 0.1) is 13.8 Å². The summed E-state index contributed by atoms with van der Waals surface area (Å²) >= 11 is 1.23. The number of hydrogen-bond acceptors (Lipinski definition) is 5. The van der Waals surface area contributed by atoms with Crippen molar-refractivity contribution in [1.29, 1.82) is 0 Å². The van der Waals surface area contributed by atoms with Crippen LogP contribution in [0.4, 0.5) is 0 Å². The molecule has 0 N–H and O–H groups in total. The van der Waals surface area contributed by atoms with Crippen molar-refractivity contribution in [2.75, 3.05) is 6.61 Å². The van der Waals surface area contributed by atoms with Gasteiger partial charge in [0.15, 0.2) is 0 Å². The molecule has 8 heteroatoms. The molecule has 27 heavy (non-hydrogen) atoms. The quantitative estimate of drug-likeness (QED) is 0.612. The fourth-order valence-corrected chi connectivity index (χ4v) is 4.94. The van der Waals surface area contributed by atoms with Crippen LogP contribution in [0.2, 0.25) is 0 Å². The van der Waals surface area contributed by atoms with Gasteiger partial charge in [-0.2, -0.15) is 8.42 Å². The van der Waals surface area contributed by atoms with E-state index in [-0.39, 0.29) is 22.8 Å². The molecule has 0 aliphatic carbocycles. The molecule has 1 aromatic heterocycles. The summed E-state index contributed by atoms with van der Waals surface area (Å²) in [6, 6.07) is 12.2. The molecule has 0 bridgehead atoms. The third-order valence-corrected chi connectivity index (χ3v) is 6.39. The number of esters is 1. The van der Waals surface area contributed by atoms with Crippen LogP contribution in [0.5, 0.6) is 0 Å². The predicted molar refractivity (Wildman–Crippen MR) is 105 cm³/mol. The van der Waals surface area contributed by atoms with Crippen LogP contribution in [0.3, 0.4) is 0 Å². The minimum absolute atomic E-state index is 0.0981. The molecular weight excluding hydrogens is 384 g/mol. The average Bonchev–Trinajstić information content (AvgIpc) is 2.91. The number of benzene rings is 2. The Balaban J connectivity index is 2.18. The highest BCUT2D eigenvalue weighted by Gasteiger charge is 2.16. The molecule has 0 radical (unpaired) electrons. The molecule has 0 saturated carbocycles. The second kappa shape index (κ2) is 7.66. The number of thiazole rings is 1. The van der Waals surface area contributed by atoms with Crippen molar-refractivity contribution >= 4 is 37.5 Å². The van der Waals surface area contributed by atoms with Crippen LogP contribution < -0.4 is 4.80 Å². The van der Waals surface area contributed by atoms with Crippen LogP contribution in [0.25, 0.3) is 10.2 Å². The summed E-state index contributed by atoms with van der Waals surface area (Å²) in [6.07, 6.45) is 0. The zero-order chi connectivity index (χ0) is 19.6. The third-order valence-electron chi connectivity index (χ3n) is 3.95. The van der Waals surface area contributed by atoms with Gasteiger partial charge in [0.1, 0.15) is 6.54 Å². The Morgan fingerprint density at radius 3 is 2.44 bits per heavy atom. The van der Waals surface area contributed by atoms with E-state index in [1.54, 1.807) is 23.6 Å². The number of fused-ring (bicyclic) bond motifs is 1. The summed E-state index contributed by atoms with van der Waals surface area (Å²) in [5, 5.41) is 0. The van der Waals surface area contributed by atoms with Gasteiger partial charge in [-0.3, -0.25) is 4.79 Å². The first-order valence-corrected chi connectivity index (χ1v) is 10.7. The van der Waals surface area contributed by atoms with Crippen LogP contribution in [0.15, 0.2) is 51.8 Å². The van der Waals surface area contributed by atoms with E-state index in [9.17, 15) is 13.2 Å². The van der Waals surface area contributed by atoms with Crippen molar-refractivity contribution in [3.8, 4) is 0 Å². The van der Waals surface area contributed by atoms with Gasteiger partial charge < -0.3 is 9.30 Å². The Hall–Kier alpha value is -2.45. The van der Waals surface area contributed by atoms with Crippen LogP contribution in [-0.2, 0) is 26.1 Å². The molecule has 0 spiro atoms. The lowest BCUT2D eigenvalue weighted by molar-refractivity contribution is -0.143. The molecule has 142 valence electrons. The molecule has 1 heterocycles. The molecule has 0 aliphatic rings. The molecule has 6 nitrogen and oxygen atoms in total. The van der Waals surface area contributed by atoms with E-state index in [2.05, 4.69) is 4.40 Å². The van der Waals surface area contributed by atoms with Crippen molar-refractivity contribution in [3.05, 3.63) is 58.4 Å². The standard InChI is InChI=1S/C19H20N2O4S2/c1-4-25-18(22)12-21-16-10-7-14(3)11-17(16)26-19(21)20-27(23,24)15-8-5-13(2)6-9-15/h5-11H,4,12H2,1-3H3. The van der Waals surface area contributed by atoms with Gasteiger partial charge in [0.2, 0.25) is 4.80 Å². The molecule has 0 unspecified atom stereocenters. The number of aryl methyl sites for hydroxylation is 2. The first kappa shape index (κ1) is 19.3. The molecule has 0 atom stereocenters. The van der Waals surface area contributed by atoms with E-state index in [0.29, 0.717) is 0 Å². The first-order valence-electron chi connectivity index (χ1n) is 8.43. The Morgan fingerprint density at radius 1 is 1.11 bits per heavy atom. The van der Waals surface area contributed by atoms with Crippen molar-refractivity contribution in [2.45, 2.75) is 32.2 Å². The SMILES string of the molecule is CCOC(=O)Cn1c(=NS(=O)(=O)c2ccc(C)cc2)sc2cc(C)ccc21. The Bertz CT molecular complexity index is 1160. The summed E-state index contributed by atoms with van der Waals surface area (Å²) in [4.78, 5) is 12.4. The van der Waals surface area contributed by atoms with Crippen molar-refractivity contribution in [3.63, 3.8) is 0 Å². The molecule has 2 aromatic carbocycles. The van der Waals surface area contributed by atoms with Gasteiger partial charge in [-0.25, -0.2) is 0 Å². The van der Waals surface area contributed by atoms with E-state index < -0.39 is 16.0 Å². The van der Waals surface area contributed by atoms with Crippen molar-refractivity contribution < 1.29 is 17.9 Å². The Kier molecular flexibility index (Phi) is 5.48. The number of carbonyl (C=O) groups excluding carboxylic acids is 1. The topological polar surface area (TPSA) is 77.7 Å². The van der Waals surface area contributed by atoms with Gasteiger partial charge in [-0.1, -0.05) is 35.1 Å². The molecule has 0 saturated heterocycles. The number of rotatable bonds is 5. The molecule has 3 aromatic rings. The second-order valence-electron chi connectivity index (χ2n) is 6.13. The van der Waals surface area contributed by atoms with Crippen LogP contribution >= 0.6 is 11.3 Å². The molecule has 0 aliphatic heterocycles. The maximum absolute atomic E-state index is 12.7. The summed E-state index contributed by atoms with van der Waals surface area (Å²) < 4.78 is 36.9. The first-order chi connectivity index (χ1) is 12.8. The molecule has 3 rings (SSSR count). The largest absolute Gasteiger partial charge is 0.465 e. The van der Waals surface area contributed by atoms with Gasteiger partial charge in [-0.15, -0.1) is 4.40 Å². The van der Waals surface area contributed by atoms with Gasteiger partial charge >= 0.3 is 5.97 Å². The fraction of sp³-hybridized carbons (Fsp3) is 0.263. The monoisotopic (exact) mass is 404 g/mol. The maximum Gasteiger partial charge on any atom is 0.326 e. The second-order valence-corrected chi connectivity index (χ2v) is 8.74. The predicted octanol–water partition coefficient (Wildman–Crippen LogP) is 3.17. The number of ether oxygens (including phenoxy) is 1. The lowest BCUT2D eigenvalue weighted by Crippen LogP contribution is -2.23. The molecule has 0 amide bonds. The number of hydrogen-bond donors (Lipinski definition) is 0. The number of nitrogens with zero attached hydrogens (tertiary/aromatic N) is 2. The van der Waals surface area contributed by atoms with Crippen molar-refractivity contribution in [2.24, 2.45) is 4.40 Å². The minimum Gasteiger partial charge on any atom is -0.465 e. The lowest BCUT2D eigenvalue weighted by Gasteiger charge is -2.05. The van der Waals surface area contributed by atoms with Gasteiger partial charge in [0, 0.05) is 0 Å². The number of aromatic nitrogens is 1. The molecule has 0 fully saturated rings. The van der Waals surface area contributed by atoms with E-state index >= 15 is 0 Å². The fourth-order valence-electron chi connectivity index (χ4n) is 2.60. The Morgan fingerprint density at radius 2 is 1.78 bits per heavy atom. The van der Waals surface area contributed by atoms with Gasteiger partial charge in [0.05, 0.1) is 21.7 Å². The summed E-state index contributed by atoms with van der Waals surface area (Å²) in [7, 11) is -3.90. The average molecular weight is 405 g/mol. The Labute approximate surface area is 161 Å². The summed E-state index contributed by atoms with van der Waals surface area (Å²) in [5.74, 6) is -0.438. The van der Waals surface area contributed by atoms with Gasteiger partial charge in [-0.05, 0) is 50.6 Å². The highest BCUT2D eigenvalue weighted by molar-refractivity contribution is 7.90. The van der Waals surface area contributed by atoms with Crippen molar-refractivity contribution in [1.82, 2.24) is 4.57 Å². The highest BCUT2D eigenvalue weighted by Crippen LogP contribution is 2.20. The normalized spacial score (nSPS) is 12.5. The van der Waals surface area contributed by atoms with E-state index in [1.807, 2.05) is 32.0 Å². The lowest BCUT2D eigenvalue weighted by atomic mass is 10.2. The minimum atomic E-state index is -3.90. The van der Waals surface area contributed by atoms with E-state index in [4.69, 9.17) is 4.74 Å². The van der Waals surface area contributed by atoms with Gasteiger partial charge in [0.25, 0.3) is 10.0 Å². The zero-order valence-electron chi connectivity index (χ0n) is 15.3. The van der Waals surface area contributed by atoms with E-state index in [0.717, 1.165) is 21.3 Å². The van der Waals surface area contributed by atoms with E-state index in [1.165, 1.54) is 23.5 Å². The highest BCUT2D eigenvalue weighted by atomic mass is 32.2.